The van der Waals surface area contributed by atoms with Crippen molar-refractivity contribution in [1.29, 1.82) is 0 Å². The highest BCUT2D eigenvalue weighted by Gasteiger charge is 2.51. The lowest BCUT2D eigenvalue weighted by atomic mass is 9.74. The van der Waals surface area contributed by atoms with E-state index in [1.54, 1.807) is 19.9 Å². The van der Waals surface area contributed by atoms with Gasteiger partial charge in [-0.2, -0.15) is 0 Å². The fourth-order valence-corrected chi connectivity index (χ4v) is 5.08. The van der Waals surface area contributed by atoms with Crippen molar-refractivity contribution in [2.75, 3.05) is 7.11 Å². The molecule has 27 heavy (non-hydrogen) atoms. The maximum atomic E-state index is 12.2. The van der Waals surface area contributed by atoms with E-state index in [-0.39, 0.29) is 0 Å². The predicted molar refractivity (Wildman–Crippen MR) is 107 cm³/mol. The minimum absolute atomic E-state index is 0.403. The maximum Gasteiger partial charge on any atom is 0.344 e. The molecule has 2 aromatic carbocycles. The molecule has 1 heterocycles. The molecule has 0 aromatic heterocycles. The molecule has 0 saturated heterocycles. The summed E-state index contributed by atoms with van der Waals surface area (Å²) in [5.74, 6) is -0.950. The first-order valence-electron chi connectivity index (χ1n) is 8.81. The van der Waals surface area contributed by atoms with Gasteiger partial charge in [0.2, 0.25) is 0 Å². The normalized spacial score (nSPS) is 23.8. The van der Waals surface area contributed by atoms with Crippen LogP contribution in [0.5, 0.6) is 0 Å². The van der Waals surface area contributed by atoms with Crippen LogP contribution in [-0.2, 0) is 20.7 Å². The third-order valence-electron chi connectivity index (χ3n) is 5.22. The topological polar surface area (TPSA) is 66.8 Å². The van der Waals surface area contributed by atoms with Gasteiger partial charge in [0.15, 0.2) is 0 Å². The van der Waals surface area contributed by atoms with Crippen LogP contribution in [0.4, 0.5) is 0 Å². The SMILES string of the molecule is COC(=O)C1=CC(C(C)(O)c2ccccc2)C(C(C)(O)c2ccccc2)S1. The third kappa shape index (κ3) is 3.68. The Hall–Kier alpha value is -2.08. The smallest absolute Gasteiger partial charge is 0.344 e. The first kappa shape index (κ1) is 19.7. The minimum atomic E-state index is -1.27. The van der Waals surface area contributed by atoms with E-state index in [1.807, 2.05) is 60.7 Å². The molecule has 0 amide bonds. The number of hydrogen-bond donors (Lipinski definition) is 2. The Bertz CT molecular complexity index is 828. The number of rotatable bonds is 5. The molecule has 3 rings (SSSR count). The summed E-state index contributed by atoms with van der Waals surface area (Å²) in [4.78, 5) is 12.6. The zero-order valence-corrected chi connectivity index (χ0v) is 16.4. The van der Waals surface area contributed by atoms with Crippen molar-refractivity contribution in [1.82, 2.24) is 0 Å². The van der Waals surface area contributed by atoms with Crippen LogP contribution in [0.1, 0.15) is 25.0 Å². The van der Waals surface area contributed by atoms with Crippen molar-refractivity contribution in [3.63, 3.8) is 0 Å². The zero-order chi connectivity index (χ0) is 19.7. The van der Waals surface area contributed by atoms with Crippen LogP contribution < -0.4 is 0 Å². The number of esters is 1. The molecule has 0 fully saturated rings. The van der Waals surface area contributed by atoms with Gasteiger partial charge in [-0.25, -0.2) is 4.79 Å². The number of benzene rings is 2. The number of carbonyl (C=O) groups excluding carboxylic acids is 1. The van der Waals surface area contributed by atoms with Crippen molar-refractivity contribution in [2.24, 2.45) is 5.92 Å². The summed E-state index contributed by atoms with van der Waals surface area (Å²) >= 11 is 1.25. The number of ether oxygens (including phenoxy) is 1. The Morgan fingerprint density at radius 1 is 0.926 bits per heavy atom. The van der Waals surface area contributed by atoms with E-state index in [4.69, 9.17) is 4.74 Å². The van der Waals surface area contributed by atoms with Crippen molar-refractivity contribution < 1.29 is 19.7 Å². The lowest BCUT2D eigenvalue weighted by Crippen LogP contribution is -2.45. The molecule has 4 atom stereocenters. The van der Waals surface area contributed by atoms with E-state index in [1.165, 1.54) is 18.9 Å². The summed E-state index contributed by atoms with van der Waals surface area (Å²) in [6.07, 6.45) is 1.73. The lowest BCUT2D eigenvalue weighted by molar-refractivity contribution is -0.135. The maximum absolute atomic E-state index is 12.2. The van der Waals surface area contributed by atoms with Crippen LogP contribution in [-0.4, -0.2) is 28.5 Å². The molecule has 0 aliphatic carbocycles. The van der Waals surface area contributed by atoms with Crippen LogP contribution in [0.3, 0.4) is 0 Å². The number of hydrogen-bond acceptors (Lipinski definition) is 5. The van der Waals surface area contributed by atoms with E-state index in [2.05, 4.69) is 0 Å². The Morgan fingerprint density at radius 3 is 1.89 bits per heavy atom. The van der Waals surface area contributed by atoms with Gasteiger partial charge in [0.05, 0.1) is 28.5 Å². The number of carbonyl (C=O) groups is 1. The average Bonchev–Trinajstić information content (AvgIpc) is 3.16. The van der Waals surface area contributed by atoms with Crippen LogP contribution in [0, 0.1) is 5.92 Å². The first-order chi connectivity index (χ1) is 12.8. The summed E-state index contributed by atoms with van der Waals surface area (Å²) in [5, 5.41) is 22.4. The number of aliphatic hydroxyl groups is 2. The van der Waals surface area contributed by atoms with Crippen molar-refractivity contribution in [3.8, 4) is 0 Å². The molecule has 0 spiro atoms. The second-order valence-electron chi connectivity index (χ2n) is 7.11. The van der Waals surface area contributed by atoms with Gasteiger partial charge in [0.1, 0.15) is 0 Å². The number of methoxy groups -OCH3 is 1. The second kappa shape index (κ2) is 7.50. The molecular weight excluding hydrogens is 360 g/mol. The van der Waals surface area contributed by atoms with E-state index >= 15 is 0 Å². The molecule has 0 bridgehead atoms. The van der Waals surface area contributed by atoms with Crippen molar-refractivity contribution in [2.45, 2.75) is 30.3 Å². The van der Waals surface area contributed by atoms with Gasteiger partial charge in [0.25, 0.3) is 0 Å². The average molecular weight is 384 g/mol. The monoisotopic (exact) mass is 384 g/mol. The third-order valence-corrected chi connectivity index (χ3v) is 6.78. The highest BCUT2D eigenvalue weighted by Crippen LogP contribution is 2.52. The molecule has 2 aromatic rings. The molecule has 4 nitrogen and oxygen atoms in total. The largest absolute Gasteiger partial charge is 0.465 e. The first-order valence-corrected chi connectivity index (χ1v) is 9.69. The standard InChI is InChI=1S/C22H24O4S/c1-21(24,15-10-6-4-7-11-15)17-14-18(20(23)26-3)27-19(17)22(2,25)16-12-8-5-9-13-16/h4-14,17,19,24-25H,1-3H3. The molecule has 142 valence electrons. The minimum Gasteiger partial charge on any atom is -0.465 e. The highest BCUT2D eigenvalue weighted by molar-refractivity contribution is 8.04. The van der Waals surface area contributed by atoms with E-state index in [0.29, 0.717) is 4.91 Å². The van der Waals surface area contributed by atoms with Gasteiger partial charge in [-0.1, -0.05) is 66.7 Å². The summed E-state index contributed by atoms with van der Waals surface area (Å²) in [6.45, 7) is 3.44. The second-order valence-corrected chi connectivity index (χ2v) is 8.30. The Kier molecular flexibility index (Phi) is 5.47. The highest BCUT2D eigenvalue weighted by atomic mass is 32.2. The summed E-state index contributed by atoms with van der Waals surface area (Å²) in [6, 6.07) is 18.6. The van der Waals surface area contributed by atoms with Crippen molar-refractivity contribution >= 4 is 17.7 Å². The van der Waals surface area contributed by atoms with Crippen LogP contribution in [0.25, 0.3) is 0 Å². The summed E-state index contributed by atoms with van der Waals surface area (Å²) in [5.41, 5.74) is -1.07. The molecule has 0 radical (unpaired) electrons. The number of thioether (sulfide) groups is 1. The molecule has 0 saturated carbocycles. The van der Waals surface area contributed by atoms with Gasteiger partial charge in [0, 0.05) is 5.92 Å². The van der Waals surface area contributed by atoms with E-state index < -0.39 is 28.3 Å². The van der Waals surface area contributed by atoms with Crippen LogP contribution >= 0.6 is 11.8 Å². The fourth-order valence-electron chi connectivity index (χ4n) is 3.55. The van der Waals surface area contributed by atoms with E-state index in [9.17, 15) is 15.0 Å². The summed E-state index contributed by atoms with van der Waals surface area (Å²) in [7, 11) is 1.33. The van der Waals surface area contributed by atoms with Gasteiger partial charge >= 0.3 is 5.97 Å². The van der Waals surface area contributed by atoms with Gasteiger partial charge in [-0.05, 0) is 25.0 Å². The van der Waals surface area contributed by atoms with Crippen LogP contribution in [0.2, 0.25) is 0 Å². The van der Waals surface area contributed by atoms with Gasteiger partial charge < -0.3 is 14.9 Å². The fraction of sp³-hybridized carbons (Fsp3) is 0.318. The predicted octanol–water partition coefficient (Wildman–Crippen LogP) is 3.59. The molecule has 1 aliphatic heterocycles. The molecule has 5 heteroatoms. The van der Waals surface area contributed by atoms with Gasteiger partial charge in [-0.15, -0.1) is 11.8 Å². The Morgan fingerprint density at radius 2 is 1.41 bits per heavy atom. The summed E-state index contributed by atoms with van der Waals surface area (Å²) < 4.78 is 4.88. The molecule has 2 N–H and O–H groups in total. The Labute approximate surface area is 163 Å². The molecule has 1 aliphatic rings. The van der Waals surface area contributed by atoms with E-state index in [0.717, 1.165) is 11.1 Å². The zero-order valence-electron chi connectivity index (χ0n) is 15.6. The Balaban J connectivity index is 2.06. The molecule has 4 unspecified atom stereocenters. The quantitative estimate of drug-likeness (QED) is 0.771. The molecular formula is C22H24O4S. The van der Waals surface area contributed by atoms with Crippen molar-refractivity contribution in [3.05, 3.63) is 82.8 Å². The lowest BCUT2D eigenvalue weighted by Gasteiger charge is -2.40. The van der Waals surface area contributed by atoms with Gasteiger partial charge in [-0.3, -0.25) is 0 Å². The van der Waals surface area contributed by atoms with Crippen LogP contribution in [0.15, 0.2) is 71.6 Å².